The summed E-state index contributed by atoms with van der Waals surface area (Å²) >= 11 is 0. The number of hydrogen-bond donors (Lipinski definition) is 1. The number of carbonyl (C=O) groups is 2. The Balaban J connectivity index is 2.22. The molecular weight excluding hydrogens is 270 g/mol. The second-order valence-electron chi connectivity index (χ2n) is 5.39. The van der Waals surface area contributed by atoms with Gasteiger partial charge >= 0.3 is 0 Å². The maximum atomic E-state index is 12.0. The highest BCUT2D eigenvalue weighted by Gasteiger charge is 2.18. The van der Waals surface area contributed by atoms with Crippen LogP contribution in [0, 0.1) is 0 Å². The summed E-state index contributed by atoms with van der Waals surface area (Å²) in [6.45, 7) is 7.79. The normalized spacial score (nSPS) is 15.8. The molecule has 0 unspecified atom stereocenters. The van der Waals surface area contributed by atoms with Crippen molar-refractivity contribution in [1.29, 1.82) is 0 Å². The minimum atomic E-state index is -0.0376. The molecule has 21 heavy (non-hydrogen) atoms. The summed E-state index contributed by atoms with van der Waals surface area (Å²) < 4.78 is 5.72. The van der Waals surface area contributed by atoms with Crippen molar-refractivity contribution in [3.05, 3.63) is 0 Å². The average molecular weight is 299 g/mol. The summed E-state index contributed by atoms with van der Waals surface area (Å²) in [6, 6.07) is 0. The molecule has 0 bridgehead atoms. The van der Waals surface area contributed by atoms with E-state index in [0.29, 0.717) is 26.1 Å². The van der Waals surface area contributed by atoms with E-state index >= 15 is 0 Å². The Morgan fingerprint density at radius 1 is 1.14 bits per heavy atom. The van der Waals surface area contributed by atoms with Crippen molar-refractivity contribution < 1.29 is 14.3 Å². The molecule has 0 spiro atoms. The molecule has 122 valence electrons. The Labute approximate surface area is 127 Å². The van der Waals surface area contributed by atoms with Crippen LogP contribution in [0.2, 0.25) is 0 Å². The summed E-state index contributed by atoms with van der Waals surface area (Å²) in [5.41, 5.74) is 0. The van der Waals surface area contributed by atoms with E-state index in [9.17, 15) is 9.59 Å². The lowest BCUT2D eigenvalue weighted by Gasteiger charge is -2.24. The minimum absolute atomic E-state index is 0.00452. The Kier molecular flexibility index (Phi) is 8.30. The van der Waals surface area contributed by atoms with Gasteiger partial charge in [0.2, 0.25) is 11.8 Å². The van der Waals surface area contributed by atoms with E-state index in [2.05, 4.69) is 5.32 Å². The largest absolute Gasteiger partial charge is 0.378 e. The van der Waals surface area contributed by atoms with E-state index in [1.54, 1.807) is 11.9 Å². The lowest BCUT2D eigenvalue weighted by molar-refractivity contribution is -0.140. The van der Waals surface area contributed by atoms with Crippen molar-refractivity contribution >= 4 is 11.8 Å². The third kappa shape index (κ3) is 6.44. The molecule has 0 aromatic rings. The van der Waals surface area contributed by atoms with Crippen molar-refractivity contribution in [2.24, 2.45) is 0 Å². The van der Waals surface area contributed by atoms with Crippen molar-refractivity contribution in [1.82, 2.24) is 15.1 Å². The van der Waals surface area contributed by atoms with Crippen LogP contribution in [0.4, 0.5) is 0 Å². The van der Waals surface area contributed by atoms with Crippen molar-refractivity contribution in [3.8, 4) is 0 Å². The summed E-state index contributed by atoms with van der Waals surface area (Å²) in [5, 5.41) is 3.28. The van der Waals surface area contributed by atoms with Gasteiger partial charge in [-0.1, -0.05) is 0 Å². The van der Waals surface area contributed by atoms with E-state index < -0.39 is 0 Å². The zero-order chi connectivity index (χ0) is 15.7. The maximum Gasteiger partial charge on any atom is 0.242 e. The van der Waals surface area contributed by atoms with Gasteiger partial charge in [0.1, 0.15) is 0 Å². The highest BCUT2D eigenvalue weighted by atomic mass is 16.5. The van der Waals surface area contributed by atoms with Crippen LogP contribution >= 0.6 is 0 Å². The van der Waals surface area contributed by atoms with E-state index in [1.807, 2.05) is 13.8 Å². The second kappa shape index (κ2) is 9.73. The van der Waals surface area contributed by atoms with Gasteiger partial charge in [-0.15, -0.1) is 0 Å². The summed E-state index contributed by atoms with van der Waals surface area (Å²) in [5.74, 6) is -0.0421. The SMILES string of the molecule is CCN(CC)C(=O)CN(C)C(=O)CCOC1CCNCC1. The van der Waals surface area contributed by atoms with Crippen LogP contribution < -0.4 is 5.32 Å². The van der Waals surface area contributed by atoms with Gasteiger partial charge in [0.05, 0.1) is 25.7 Å². The van der Waals surface area contributed by atoms with Crippen LogP contribution in [-0.2, 0) is 14.3 Å². The van der Waals surface area contributed by atoms with E-state index in [1.165, 1.54) is 4.90 Å². The zero-order valence-electron chi connectivity index (χ0n) is 13.6. The predicted octanol–water partition coefficient (Wildman–Crippen LogP) is 0.472. The van der Waals surface area contributed by atoms with Gasteiger partial charge in [-0.2, -0.15) is 0 Å². The van der Waals surface area contributed by atoms with Gasteiger partial charge < -0.3 is 19.9 Å². The number of hydrogen-bond acceptors (Lipinski definition) is 4. The topological polar surface area (TPSA) is 61.9 Å². The molecule has 1 N–H and O–H groups in total. The van der Waals surface area contributed by atoms with Crippen LogP contribution in [0.5, 0.6) is 0 Å². The third-order valence-electron chi connectivity index (χ3n) is 3.87. The fourth-order valence-electron chi connectivity index (χ4n) is 2.43. The Morgan fingerprint density at radius 3 is 2.33 bits per heavy atom. The van der Waals surface area contributed by atoms with Crippen molar-refractivity contribution in [3.63, 3.8) is 0 Å². The first-order valence-electron chi connectivity index (χ1n) is 7.92. The van der Waals surface area contributed by atoms with Gasteiger partial charge in [-0.05, 0) is 39.8 Å². The highest BCUT2D eigenvalue weighted by molar-refractivity contribution is 5.84. The molecule has 0 radical (unpaired) electrons. The molecule has 1 aliphatic rings. The molecular formula is C15H29N3O3. The molecule has 1 rings (SSSR count). The van der Waals surface area contributed by atoms with Gasteiger partial charge in [0.25, 0.3) is 0 Å². The highest BCUT2D eigenvalue weighted by Crippen LogP contribution is 2.07. The van der Waals surface area contributed by atoms with Crippen LogP contribution in [0.3, 0.4) is 0 Å². The molecule has 1 fully saturated rings. The monoisotopic (exact) mass is 299 g/mol. The average Bonchev–Trinajstić information content (AvgIpc) is 2.49. The van der Waals surface area contributed by atoms with Gasteiger partial charge in [-0.25, -0.2) is 0 Å². The van der Waals surface area contributed by atoms with Gasteiger partial charge in [0, 0.05) is 20.1 Å². The number of piperidine rings is 1. The number of nitrogens with zero attached hydrogens (tertiary/aromatic N) is 2. The van der Waals surface area contributed by atoms with Crippen LogP contribution in [0.1, 0.15) is 33.1 Å². The minimum Gasteiger partial charge on any atom is -0.378 e. The molecule has 2 amide bonds. The number of amides is 2. The fraction of sp³-hybridized carbons (Fsp3) is 0.867. The van der Waals surface area contributed by atoms with Crippen molar-refractivity contribution in [2.45, 2.75) is 39.2 Å². The molecule has 1 saturated heterocycles. The summed E-state index contributed by atoms with van der Waals surface area (Å²) in [7, 11) is 1.67. The van der Waals surface area contributed by atoms with Gasteiger partial charge in [-0.3, -0.25) is 9.59 Å². The Hall–Kier alpha value is -1.14. The van der Waals surface area contributed by atoms with E-state index in [0.717, 1.165) is 25.9 Å². The smallest absolute Gasteiger partial charge is 0.242 e. The Morgan fingerprint density at radius 2 is 1.76 bits per heavy atom. The number of carbonyl (C=O) groups excluding carboxylic acids is 2. The first-order valence-corrected chi connectivity index (χ1v) is 7.92. The van der Waals surface area contributed by atoms with Crippen LogP contribution in [-0.4, -0.2) is 74.1 Å². The number of ether oxygens (including phenoxy) is 1. The fourth-order valence-corrected chi connectivity index (χ4v) is 2.43. The second-order valence-corrected chi connectivity index (χ2v) is 5.39. The molecule has 0 atom stereocenters. The maximum absolute atomic E-state index is 12.0. The quantitative estimate of drug-likeness (QED) is 0.708. The number of rotatable bonds is 8. The molecule has 6 heteroatoms. The summed E-state index contributed by atoms with van der Waals surface area (Å²) in [4.78, 5) is 27.1. The van der Waals surface area contributed by atoms with Crippen molar-refractivity contribution in [2.75, 3.05) is 46.4 Å². The zero-order valence-corrected chi connectivity index (χ0v) is 13.6. The van der Waals surface area contributed by atoms with Gasteiger partial charge in [0.15, 0.2) is 0 Å². The lowest BCUT2D eigenvalue weighted by atomic mass is 10.1. The molecule has 0 aromatic carbocycles. The molecule has 0 aliphatic carbocycles. The molecule has 1 aliphatic heterocycles. The molecule has 0 aromatic heterocycles. The molecule has 1 heterocycles. The van der Waals surface area contributed by atoms with E-state index in [-0.39, 0.29) is 24.5 Å². The standard InChI is InChI=1S/C15H29N3O3/c1-4-18(5-2)15(20)12-17(3)14(19)8-11-21-13-6-9-16-10-7-13/h13,16H,4-12H2,1-3H3. The van der Waals surface area contributed by atoms with E-state index in [4.69, 9.17) is 4.74 Å². The number of nitrogens with one attached hydrogen (secondary N) is 1. The summed E-state index contributed by atoms with van der Waals surface area (Å²) in [6.07, 6.45) is 2.61. The lowest BCUT2D eigenvalue weighted by Crippen LogP contribution is -2.41. The van der Waals surface area contributed by atoms with Crippen LogP contribution in [0.25, 0.3) is 0 Å². The first kappa shape index (κ1) is 17.9. The number of likely N-dealkylation sites (N-methyl/N-ethyl adjacent to an activating group) is 2. The first-order chi connectivity index (χ1) is 10.1. The third-order valence-corrected chi connectivity index (χ3v) is 3.87. The predicted molar refractivity (Wildman–Crippen MR) is 82.0 cm³/mol. The molecule has 6 nitrogen and oxygen atoms in total. The Bertz CT molecular complexity index is 326. The van der Waals surface area contributed by atoms with Crippen LogP contribution in [0.15, 0.2) is 0 Å². The molecule has 0 saturated carbocycles.